The molecule has 1 fully saturated rings. The quantitative estimate of drug-likeness (QED) is 0.829. The van der Waals surface area contributed by atoms with E-state index in [-0.39, 0.29) is 11.3 Å². The van der Waals surface area contributed by atoms with E-state index >= 15 is 0 Å². The Kier molecular flexibility index (Phi) is 3.03. The van der Waals surface area contributed by atoms with E-state index in [0.717, 1.165) is 36.3 Å². The Morgan fingerprint density at radius 2 is 1.80 bits per heavy atom. The molecular formula is C17H22O3. The van der Waals surface area contributed by atoms with Crippen LogP contribution in [0, 0.1) is 12.3 Å². The lowest BCUT2D eigenvalue weighted by Crippen LogP contribution is -2.30. The zero-order valence-electron chi connectivity index (χ0n) is 12.7. The number of Topliss-reactive ketones (excluding diaryl/α,β-unsaturated/α-hetero) is 1. The Bertz CT molecular complexity index is 576. The Hall–Kier alpha value is -1.51. The number of rotatable bonds is 2. The van der Waals surface area contributed by atoms with Crippen LogP contribution in [-0.2, 0) is 11.2 Å². The highest BCUT2D eigenvalue weighted by Gasteiger charge is 2.49. The number of benzene rings is 1. The van der Waals surface area contributed by atoms with Crippen molar-refractivity contribution in [1.29, 1.82) is 0 Å². The average molecular weight is 274 g/mol. The summed E-state index contributed by atoms with van der Waals surface area (Å²) >= 11 is 0. The molecule has 3 heteroatoms. The van der Waals surface area contributed by atoms with Gasteiger partial charge in [-0.2, -0.15) is 0 Å². The molecular weight excluding hydrogens is 252 g/mol. The molecule has 20 heavy (non-hydrogen) atoms. The molecule has 3 nitrogen and oxygen atoms in total. The number of ketones is 1. The number of carbonyl (C=O) groups is 1. The maximum absolute atomic E-state index is 12.4. The van der Waals surface area contributed by atoms with Gasteiger partial charge in [0, 0.05) is 17.9 Å². The largest absolute Gasteiger partial charge is 0.493 e. The Balaban J connectivity index is 2.23. The van der Waals surface area contributed by atoms with Crippen LogP contribution in [0.1, 0.15) is 48.8 Å². The molecule has 2 aliphatic rings. The molecule has 1 aromatic rings. The number of aryl methyl sites for hydroxylation is 1. The lowest BCUT2D eigenvalue weighted by molar-refractivity contribution is -0.119. The number of hydrogen-bond donors (Lipinski definition) is 0. The zero-order chi connectivity index (χ0) is 14.5. The molecule has 0 bridgehead atoms. The second kappa shape index (κ2) is 4.51. The molecule has 2 aliphatic carbocycles. The number of ether oxygens (including phenoxy) is 2. The number of carbonyl (C=O) groups excluding carboxylic acids is 1. The summed E-state index contributed by atoms with van der Waals surface area (Å²) in [5.74, 6) is 2.06. The molecule has 0 N–H and O–H groups in total. The summed E-state index contributed by atoms with van der Waals surface area (Å²) in [4.78, 5) is 12.4. The van der Waals surface area contributed by atoms with Gasteiger partial charge in [-0.1, -0.05) is 13.0 Å². The maximum atomic E-state index is 12.4. The van der Waals surface area contributed by atoms with E-state index in [1.165, 1.54) is 11.1 Å². The fourth-order valence-corrected chi connectivity index (χ4v) is 4.13. The van der Waals surface area contributed by atoms with Crippen LogP contribution in [-0.4, -0.2) is 20.0 Å². The molecule has 0 aliphatic heterocycles. The minimum absolute atomic E-state index is 0.0461. The summed E-state index contributed by atoms with van der Waals surface area (Å²) in [6.07, 6.45) is 3.76. The Labute approximate surface area is 120 Å². The molecule has 3 rings (SSSR count). The SMILES string of the molecule is COc1c(C)cc2c(c1OC)CC[C@]1(C)CCC(=O)[C@H]21. The summed E-state index contributed by atoms with van der Waals surface area (Å²) in [5.41, 5.74) is 3.53. The van der Waals surface area contributed by atoms with Crippen molar-refractivity contribution in [2.45, 2.75) is 45.4 Å². The molecule has 0 saturated heterocycles. The standard InChI is InChI=1S/C17H22O3/c1-10-9-12-11(16(20-4)15(10)19-3)5-7-17(2)8-6-13(18)14(12)17/h9,14H,5-8H2,1-4H3/t14-,17+/m0/s1. The lowest BCUT2D eigenvalue weighted by atomic mass is 9.66. The minimum Gasteiger partial charge on any atom is -0.493 e. The summed E-state index contributed by atoms with van der Waals surface area (Å²) in [7, 11) is 3.35. The highest BCUT2D eigenvalue weighted by Crippen LogP contribution is 2.56. The minimum atomic E-state index is 0.0461. The van der Waals surface area contributed by atoms with Gasteiger partial charge in [0.1, 0.15) is 5.78 Å². The summed E-state index contributed by atoms with van der Waals surface area (Å²) < 4.78 is 11.1. The predicted octanol–water partition coefficient (Wildman–Crippen LogP) is 3.41. The molecule has 0 amide bonds. The predicted molar refractivity (Wildman–Crippen MR) is 77.7 cm³/mol. The zero-order valence-corrected chi connectivity index (χ0v) is 12.7. The van der Waals surface area contributed by atoms with Crippen molar-refractivity contribution in [2.24, 2.45) is 5.41 Å². The molecule has 108 valence electrons. The van der Waals surface area contributed by atoms with Crippen molar-refractivity contribution in [3.8, 4) is 11.5 Å². The molecule has 0 radical (unpaired) electrons. The summed E-state index contributed by atoms with van der Waals surface area (Å²) in [6, 6.07) is 2.14. The van der Waals surface area contributed by atoms with Gasteiger partial charge in [0.25, 0.3) is 0 Å². The van der Waals surface area contributed by atoms with Crippen molar-refractivity contribution in [3.05, 3.63) is 22.8 Å². The van der Waals surface area contributed by atoms with Crippen LogP contribution in [0.4, 0.5) is 0 Å². The third-order valence-corrected chi connectivity index (χ3v) is 5.19. The van der Waals surface area contributed by atoms with E-state index < -0.39 is 0 Å². The van der Waals surface area contributed by atoms with Crippen molar-refractivity contribution in [2.75, 3.05) is 14.2 Å². The Morgan fingerprint density at radius 3 is 2.45 bits per heavy atom. The topological polar surface area (TPSA) is 35.5 Å². The van der Waals surface area contributed by atoms with E-state index in [2.05, 4.69) is 13.0 Å². The maximum Gasteiger partial charge on any atom is 0.164 e. The van der Waals surface area contributed by atoms with Gasteiger partial charge in [-0.05, 0) is 42.7 Å². The van der Waals surface area contributed by atoms with Gasteiger partial charge in [-0.3, -0.25) is 4.79 Å². The van der Waals surface area contributed by atoms with Gasteiger partial charge < -0.3 is 9.47 Å². The van der Waals surface area contributed by atoms with Crippen molar-refractivity contribution in [3.63, 3.8) is 0 Å². The van der Waals surface area contributed by atoms with Crippen LogP contribution in [0.15, 0.2) is 6.07 Å². The van der Waals surface area contributed by atoms with Crippen molar-refractivity contribution in [1.82, 2.24) is 0 Å². The summed E-state index contributed by atoms with van der Waals surface area (Å²) in [5, 5.41) is 0. The highest BCUT2D eigenvalue weighted by atomic mass is 16.5. The molecule has 0 unspecified atom stereocenters. The first kappa shape index (κ1) is 13.5. The Morgan fingerprint density at radius 1 is 1.15 bits per heavy atom. The normalized spacial score (nSPS) is 28.0. The number of hydrogen-bond acceptors (Lipinski definition) is 3. The van der Waals surface area contributed by atoms with Crippen LogP contribution in [0.25, 0.3) is 0 Å². The van der Waals surface area contributed by atoms with Gasteiger partial charge in [0.05, 0.1) is 14.2 Å². The van der Waals surface area contributed by atoms with E-state index in [1.807, 2.05) is 6.92 Å². The van der Waals surface area contributed by atoms with Crippen molar-refractivity contribution < 1.29 is 14.3 Å². The average Bonchev–Trinajstić information content (AvgIpc) is 2.73. The first-order valence-corrected chi connectivity index (χ1v) is 7.29. The first-order chi connectivity index (χ1) is 9.51. The van der Waals surface area contributed by atoms with Gasteiger partial charge >= 0.3 is 0 Å². The van der Waals surface area contributed by atoms with E-state index in [0.29, 0.717) is 12.2 Å². The number of fused-ring (bicyclic) bond motifs is 3. The molecule has 0 heterocycles. The van der Waals surface area contributed by atoms with Crippen LogP contribution in [0.2, 0.25) is 0 Å². The monoisotopic (exact) mass is 274 g/mol. The van der Waals surface area contributed by atoms with Gasteiger partial charge in [0.2, 0.25) is 0 Å². The molecule has 1 aromatic carbocycles. The lowest BCUT2D eigenvalue weighted by Gasteiger charge is -2.37. The van der Waals surface area contributed by atoms with Crippen LogP contribution in [0.3, 0.4) is 0 Å². The molecule has 0 spiro atoms. The van der Waals surface area contributed by atoms with E-state index in [1.54, 1.807) is 14.2 Å². The first-order valence-electron chi connectivity index (χ1n) is 7.29. The van der Waals surface area contributed by atoms with Crippen molar-refractivity contribution >= 4 is 5.78 Å². The van der Waals surface area contributed by atoms with E-state index in [4.69, 9.17) is 9.47 Å². The van der Waals surface area contributed by atoms with E-state index in [9.17, 15) is 4.79 Å². The van der Waals surface area contributed by atoms with Gasteiger partial charge in [0.15, 0.2) is 11.5 Å². The van der Waals surface area contributed by atoms with Crippen LogP contribution in [0.5, 0.6) is 11.5 Å². The van der Waals surface area contributed by atoms with Gasteiger partial charge in [-0.15, -0.1) is 0 Å². The van der Waals surface area contributed by atoms with Crippen LogP contribution < -0.4 is 9.47 Å². The third kappa shape index (κ3) is 1.68. The second-order valence-corrected chi connectivity index (χ2v) is 6.38. The third-order valence-electron chi connectivity index (χ3n) is 5.19. The highest BCUT2D eigenvalue weighted by molar-refractivity contribution is 5.90. The molecule has 0 aromatic heterocycles. The smallest absolute Gasteiger partial charge is 0.164 e. The molecule has 2 atom stereocenters. The molecule has 1 saturated carbocycles. The van der Waals surface area contributed by atoms with Gasteiger partial charge in [-0.25, -0.2) is 0 Å². The van der Waals surface area contributed by atoms with Crippen LogP contribution >= 0.6 is 0 Å². The summed E-state index contributed by atoms with van der Waals surface area (Å²) in [6.45, 7) is 4.28. The fraction of sp³-hybridized carbons (Fsp3) is 0.588. The number of methoxy groups -OCH3 is 2. The fourth-order valence-electron chi connectivity index (χ4n) is 4.13. The second-order valence-electron chi connectivity index (χ2n) is 6.38.